The minimum Gasteiger partial charge on any atom is -0.0990 e. The Labute approximate surface area is 139 Å². The first-order chi connectivity index (χ1) is 11.2. The van der Waals surface area contributed by atoms with Gasteiger partial charge in [-0.25, -0.2) is 0 Å². The van der Waals surface area contributed by atoms with Crippen LogP contribution in [-0.4, -0.2) is 0 Å². The van der Waals surface area contributed by atoms with Gasteiger partial charge in [-0.15, -0.1) is 0 Å². The average Bonchev–Trinajstić information content (AvgIpc) is 2.58. The molecule has 114 valence electrons. The van der Waals surface area contributed by atoms with Crippen LogP contribution in [0.25, 0.3) is 17.2 Å². The number of hydrogen-bond acceptors (Lipinski definition) is 0. The highest BCUT2D eigenvalue weighted by atomic mass is 14.2. The van der Waals surface area contributed by atoms with E-state index in [4.69, 9.17) is 0 Å². The summed E-state index contributed by atoms with van der Waals surface area (Å²) < 4.78 is 0. The first-order valence-electron chi connectivity index (χ1n) is 8.07. The van der Waals surface area contributed by atoms with Gasteiger partial charge < -0.3 is 0 Å². The van der Waals surface area contributed by atoms with Gasteiger partial charge in [0, 0.05) is 0 Å². The van der Waals surface area contributed by atoms with Crippen LogP contribution in [0.5, 0.6) is 0 Å². The third-order valence-corrected chi connectivity index (χ3v) is 4.35. The molecule has 0 heterocycles. The average molecular weight is 298 g/mol. The number of hydrogen-bond donors (Lipinski definition) is 0. The van der Waals surface area contributed by atoms with E-state index in [0.717, 1.165) is 18.4 Å². The Bertz CT molecular complexity index is 816. The molecular formula is C23H22. The second-order valence-electron chi connectivity index (χ2n) is 6.02. The summed E-state index contributed by atoms with van der Waals surface area (Å²) in [7, 11) is 0. The minimum atomic E-state index is 1.09. The summed E-state index contributed by atoms with van der Waals surface area (Å²) in [4.78, 5) is 0. The van der Waals surface area contributed by atoms with E-state index in [9.17, 15) is 0 Å². The quantitative estimate of drug-likeness (QED) is 0.586. The summed E-state index contributed by atoms with van der Waals surface area (Å²) in [6.45, 7) is 9.88. The van der Waals surface area contributed by atoms with E-state index in [2.05, 4.69) is 68.6 Å². The maximum atomic E-state index is 3.93. The van der Waals surface area contributed by atoms with Crippen LogP contribution >= 0.6 is 0 Å². The molecule has 0 amide bonds. The van der Waals surface area contributed by atoms with E-state index in [1.165, 1.54) is 33.4 Å². The van der Waals surface area contributed by atoms with Gasteiger partial charge in [-0.2, -0.15) is 0 Å². The number of allylic oxidation sites excluding steroid dienone is 5. The molecule has 0 nitrogen and oxygen atoms in total. The molecule has 0 saturated heterocycles. The third kappa shape index (κ3) is 3.27. The second kappa shape index (κ2) is 6.66. The van der Waals surface area contributed by atoms with Gasteiger partial charge in [-0.05, 0) is 64.8 Å². The molecule has 0 fully saturated rings. The Morgan fingerprint density at radius 3 is 2.65 bits per heavy atom. The topological polar surface area (TPSA) is 0 Å². The van der Waals surface area contributed by atoms with Crippen molar-refractivity contribution in [2.24, 2.45) is 0 Å². The van der Waals surface area contributed by atoms with Gasteiger partial charge in [0.2, 0.25) is 0 Å². The van der Waals surface area contributed by atoms with E-state index in [1.54, 1.807) is 0 Å². The lowest BCUT2D eigenvalue weighted by Gasteiger charge is -2.18. The fourth-order valence-electron chi connectivity index (χ4n) is 3.20. The molecule has 1 aliphatic rings. The van der Waals surface area contributed by atoms with Crippen LogP contribution in [0, 0.1) is 6.92 Å². The molecule has 1 aliphatic carbocycles. The summed E-state index contributed by atoms with van der Waals surface area (Å²) in [5.74, 6) is 0. The van der Waals surface area contributed by atoms with E-state index in [-0.39, 0.29) is 0 Å². The van der Waals surface area contributed by atoms with Gasteiger partial charge >= 0.3 is 0 Å². The van der Waals surface area contributed by atoms with Crippen molar-refractivity contribution in [3.63, 3.8) is 0 Å². The molecule has 0 unspecified atom stereocenters. The molecule has 0 bridgehead atoms. The Morgan fingerprint density at radius 2 is 1.87 bits per heavy atom. The largest absolute Gasteiger partial charge is 0.0990 e. The van der Waals surface area contributed by atoms with Gasteiger partial charge in [0.1, 0.15) is 0 Å². The zero-order valence-electron chi connectivity index (χ0n) is 13.7. The third-order valence-electron chi connectivity index (χ3n) is 4.35. The molecule has 0 N–H and O–H groups in total. The summed E-state index contributed by atoms with van der Waals surface area (Å²) in [6.07, 6.45) is 10.3. The SMILES string of the molecule is C=C/C=C(\C=C)c1cc(C)cc(C2=Cc3ccccc3CC2)c1. The summed E-state index contributed by atoms with van der Waals surface area (Å²) >= 11 is 0. The van der Waals surface area contributed by atoms with Crippen LogP contribution in [-0.2, 0) is 6.42 Å². The molecule has 0 radical (unpaired) electrons. The van der Waals surface area contributed by atoms with Crippen LogP contribution in [0.4, 0.5) is 0 Å². The van der Waals surface area contributed by atoms with Crippen molar-refractivity contribution in [3.05, 3.63) is 102 Å². The van der Waals surface area contributed by atoms with Gasteiger partial charge in [-0.3, -0.25) is 0 Å². The van der Waals surface area contributed by atoms with E-state index in [1.807, 2.05) is 18.2 Å². The molecule has 0 aromatic heterocycles. The van der Waals surface area contributed by atoms with Crippen molar-refractivity contribution in [1.29, 1.82) is 0 Å². The molecule has 2 aromatic rings. The molecular weight excluding hydrogens is 276 g/mol. The summed E-state index contributed by atoms with van der Waals surface area (Å²) in [6, 6.07) is 15.4. The molecule has 0 spiro atoms. The van der Waals surface area contributed by atoms with Crippen molar-refractivity contribution in [3.8, 4) is 0 Å². The Balaban J connectivity index is 2.06. The smallest absolute Gasteiger partial charge is 0.0176 e. The van der Waals surface area contributed by atoms with E-state index < -0.39 is 0 Å². The zero-order valence-corrected chi connectivity index (χ0v) is 13.7. The standard InChI is InChI=1S/C23H22/c1-4-8-18(5-2)22-13-17(3)14-23(16-22)21-12-11-19-9-6-7-10-20(19)15-21/h4-10,13-16H,1-2,11-12H2,3H3/b18-8+. The monoisotopic (exact) mass is 298 g/mol. The predicted octanol–water partition coefficient (Wildman–Crippen LogP) is 6.24. The van der Waals surface area contributed by atoms with Crippen molar-refractivity contribution in [2.45, 2.75) is 19.8 Å². The summed E-state index contributed by atoms with van der Waals surface area (Å²) in [5.41, 5.74) is 9.11. The number of benzene rings is 2. The van der Waals surface area contributed by atoms with Crippen molar-refractivity contribution >= 4 is 17.2 Å². The highest BCUT2D eigenvalue weighted by Crippen LogP contribution is 2.32. The molecule has 0 heteroatoms. The zero-order chi connectivity index (χ0) is 16.2. The van der Waals surface area contributed by atoms with Gasteiger partial charge in [0.25, 0.3) is 0 Å². The molecule has 0 saturated carbocycles. The number of rotatable bonds is 4. The van der Waals surface area contributed by atoms with Crippen LogP contribution < -0.4 is 0 Å². The van der Waals surface area contributed by atoms with Crippen LogP contribution in [0.2, 0.25) is 0 Å². The maximum absolute atomic E-state index is 3.93. The van der Waals surface area contributed by atoms with Gasteiger partial charge in [-0.1, -0.05) is 73.9 Å². The fraction of sp³-hybridized carbons (Fsp3) is 0.130. The van der Waals surface area contributed by atoms with Crippen molar-refractivity contribution in [2.75, 3.05) is 0 Å². The van der Waals surface area contributed by atoms with Crippen LogP contribution in [0.3, 0.4) is 0 Å². The van der Waals surface area contributed by atoms with E-state index in [0.29, 0.717) is 0 Å². The number of fused-ring (bicyclic) bond motifs is 1. The molecule has 23 heavy (non-hydrogen) atoms. The first-order valence-corrected chi connectivity index (χ1v) is 8.07. The van der Waals surface area contributed by atoms with Crippen molar-refractivity contribution < 1.29 is 0 Å². The lowest BCUT2D eigenvalue weighted by molar-refractivity contribution is 1.00. The Hall–Kier alpha value is -2.60. The summed E-state index contributed by atoms with van der Waals surface area (Å²) in [5, 5.41) is 0. The minimum absolute atomic E-state index is 1.09. The number of aryl methyl sites for hydroxylation is 2. The molecule has 2 aromatic carbocycles. The maximum Gasteiger partial charge on any atom is -0.0176 e. The second-order valence-corrected chi connectivity index (χ2v) is 6.02. The first kappa shape index (κ1) is 15.3. The normalized spacial score (nSPS) is 14.0. The van der Waals surface area contributed by atoms with Gasteiger partial charge in [0.05, 0.1) is 0 Å². The molecule has 0 atom stereocenters. The Kier molecular flexibility index (Phi) is 4.43. The van der Waals surface area contributed by atoms with Gasteiger partial charge in [0.15, 0.2) is 0 Å². The van der Waals surface area contributed by atoms with Crippen LogP contribution in [0.1, 0.15) is 34.2 Å². The fourth-order valence-corrected chi connectivity index (χ4v) is 3.20. The molecule has 3 rings (SSSR count). The lowest BCUT2D eigenvalue weighted by atomic mass is 9.87. The predicted molar refractivity (Wildman–Crippen MR) is 102 cm³/mol. The lowest BCUT2D eigenvalue weighted by Crippen LogP contribution is -1.99. The van der Waals surface area contributed by atoms with E-state index >= 15 is 0 Å². The Morgan fingerprint density at radius 1 is 1.04 bits per heavy atom. The van der Waals surface area contributed by atoms with Crippen LogP contribution in [0.15, 0.2) is 73.9 Å². The highest BCUT2D eigenvalue weighted by molar-refractivity contribution is 5.86. The van der Waals surface area contributed by atoms with Crippen molar-refractivity contribution in [1.82, 2.24) is 0 Å². The highest BCUT2D eigenvalue weighted by Gasteiger charge is 2.12. The molecule has 0 aliphatic heterocycles.